The van der Waals surface area contributed by atoms with E-state index in [-0.39, 0.29) is 0 Å². The topological polar surface area (TPSA) is 17.1 Å². The normalized spacial score (nSPS) is 55.0. The first-order valence-electron chi connectivity index (χ1n) is 9.07. The number of carbonyl (C=O) groups excluding carboxylic acids is 1. The molecule has 112 valence electrons. The molecule has 4 unspecified atom stereocenters. The van der Waals surface area contributed by atoms with E-state index >= 15 is 0 Å². The van der Waals surface area contributed by atoms with Crippen molar-refractivity contribution in [1.29, 1.82) is 0 Å². The van der Waals surface area contributed by atoms with Crippen LogP contribution in [0.2, 0.25) is 0 Å². The van der Waals surface area contributed by atoms with Crippen LogP contribution in [0.15, 0.2) is 0 Å². The van der Waals surface area contributed by atoms with Gasteiger partial charge in [0, 0.05) is 12.3 Å². The van der Waals surface area contributed by atoms with Crippen LogP contribution in [0.5, 0.6) is 0 Å². The quantitative estimate of drug-likeness (QED) is 0.608. The van der Waals surface area contributed by atoms with Gasteiger partial charge in [-0.1, -0.05) is 33.1 Å². The van der Waals surface area contributed by atoms with E-state index in [1.165, 1.54) is 57.8 Å². The summed E-state index contributed by atoms with van der Waals surface area (Å²) >= 11 is 0. The molecule has 0 aromatic carbocycles. The van der Waals surface area contributed by atoms with Gasteiger partial charge in [0.15, 0.2) is 0 Å². The van der Waals surface area contributed by atoms with E-state index in [0.717, 1.165) is 24.2 Å². The van der Waals surface area contributed by atoms with Crippen molar-refractivity contribution in [3.8, 4) is 0 Å². The van der Waals surface area contributed by atoms with Gasteiger partial charge >= 0.3 is 0 Å². The average Bonchev–Trinajstić information content (AvgIpc) is 2.78. The number of rotatable bonds is 0. The molecule has 4 rings (SSSR count). The van der Waals surface area contributed by atoms with Crippen LogP contribution < -0.4 is 0 Å². The summed E-state index contributed by atoms with van der Waals surface area (Å²) in [6.45, 7) is 4.91. The first-order valence-corrected chi connectivity index (χ1v) is 9.07. The van der Waals surface area contributed by atoms with E-state index < -0.39 is 0 Å². The van der Waals surface area contributed by atoms with Gasteiger partial charge in [0.05, 0.1) is 0 Å². The summed E-state index contributed by atoms with van der Waals surface area (Å²) in [4.78, 5) is 13.0. The van der Waals surface area contributed by atoms with Crippen LogP contribution in [-0.4, -0.2) is 5.78 Å². The lowest BCUT2D eigenvalue weighted by atomic mass is 9.45. The van der Waals surface area contributed by atoms with Gasteiger partial charge in [-0.3, -0.25) is 4.79 Å². The van der Waals surface area contributed by atoms with Crippen molar-refractivity contribution < 1.29 is 4.79 Å². The van der Waals surface area contributed by atoms with Gasteiger partial charge in [-0.15, -0.1) is 0 Å². The van der Waals surface area contributed by atoms with Crippen molar-refractivity contribution in [2.24, 2.45) is 34.5 Å². The molecule has 4 aliphatic carbocycles. The number of hydrogen-bond acceptors (Lipinski definition) is 1. The monoisotopic (exact) mass is 274 g/mol. The van der Waals surface area contributed by atoms with Gasteiger partial charge in [0.25, 0.3) is 0 Å². The molecule has 20 heavy (non-hydrogen) atoms. The van der Waals surface area contributed by atoms with E-state index in [1.54, 1.807) is 0 Å². The largest absolute Gasteiger partial charge is 0.299 e. The minimum absolute atomic E-state index is 0.363. The molecule has 0 radical (unpaired) electrons. The Morgan fingerprint density at radius 2 is 1.80 bits per heavy atom. The second-order valence-electron chi connectivity index (χ2n) is 8.96. The summed E-state index contributed by atoms with van der Waals surface area (Å²) in [5, 5.41) is 0. The van der Waals surface area contributed by atoms with Gasteiger partial charge in [0.1, 0.15) is 5.78 Å². The third kappa shape index (κ3) is 1.64. The van der Waals surface area contributed by atoms with Crippen molar-refractivity contribution in [3.63, 3.8) is 0 Å². The fourth-order valence-electron chi connectivity index (χ4n) is 7.12. The second kappa shape index (κ2) is 4.34. The minimum Gasteiger partial charge on any atom is -0.299 e. The van der Waals surface area contributed by atoms with Gasteiger partial charge in [-0.25, -0.2) is 0 Å². The van der Waals surface area contributed by atoms with E-state index in [4.69, 9.17) is 0 Å². The van der Waals surface area contributed by atoms with Crippen LogP contribution in [0.1, 0.15) is 78.1 Å². The maximum Gasteiger partial charge on any atom is 0.137 e. The lowest BCUT2D eigenvalue weighted by molar-refractivity contribution is -0.155. The molecular weight excluding hydrogens is 244 g/mol. The molecule has 0 bridgehead atoms. The third-order valence-corrected chi connectivity index (χ3v) is 8.04. The summed E-state index contributed by atoms with van der Waals surface area (Å²) in [7, 11) is 0. The number of Topliss-reactive ketones (excluding diaryl/α,β-unsaturated/α-hetero) is 1. The average molecular weight is 274 g/mol. The Morgan fingerprint density at radius 3 is 2.65 bits per heavy atom. The van der Waals surface area contributed by atoms with E-state index in [9.17, 15) is 4.79 Å². The van der Waals surface area contributed by atoms with Crippen LogP contribution >= 0.6 is 0 Å². The van der Waals surface area contributed by atoms with Crippen LogP contribution in [0.25, 0.3) is 0 Å². The Balaban J connectivity index is 1.71. The molecule has 4 fully saturated rings. The Hall–Kier alpha value is -0.330. The molecule has 6 atom stereocenters. The van der Waals surface area contributed by atoms with Gasteiger partial charge < -0.3 is 0 Å². The second-order valence-corrected chi connectivity index (χ2v) is 8.96. The number of ketones is 1. The molecule has 0 aromatic rings. The molecular formula is C19H30O. The maximum atomic E-state index is 13.0. The molecule has 1 nitrogen and oxygen atoms in total. The molecule has 0 aromatic heterocycles. The van der Waals surface area contributed by atoms with E-state index in [1.807, 2.05) is 0 Å². The van der Waals surface area contributed by atoms with Gasteiger partial charge in [-0.05, 0) is 67.1 Å². The highest BCUT2D eigenvalue weighted by molar-refractivity contribution is 5.84. The first-order chi connectivity index (χ1) is 9.55. The minimum atomic E-state index is 0.363. The predicted molar refractivity (Wildman–Crippen MR) is 81.4 cm³/mol. The highest BCUT2D eigenvalue weighted by Crippen LogP contribution is 2.65. The molecule has 1 heteroatoms. The summed E-state index contributed by atoms with van der Waals surface area (Å²) in [5.41, 5.74) is 0.734. The number of carbonyl (C=O) groups is 1. The predicted octanol–water partition coefficient (Wildman–Crippen LogP) is 4.99. The third-order valence-electron chi connectivity index (χ3n) is 8.04. The van der Waals surface area contributed by atoms with E-state index in [0.29, 0.717) is 22.5 Å². The molecule has 0 N–H and O–H groups in total. The molecule has 4 saturated carbocycles. The standard InChI is InChI=1S/C19H30O/c1-18-10-5-7-15(18)14-9-8-13-6-3-4-11-19(13,2)17(14)16(20)12-18/h13-15,17H,3-12H2,1-2H3/t13?,14?,15?,17?,18-,19-/m0/s1. The van der Waals surface area contributed by atoms with Crippen LogP contribution in [0.4, 0.5) is 0 Å². The summed E-state index contributed by atoms with van der Waals surface area (Å²) in [5.74, 6) is 3.54. The molecule has 0 spiro atoms. The lowest BCUT2D eigenvalue weighted by Crippen LogP contribution is -2.55. The van der Waals surface area contributed by atoms with Gasteiger partial charge in [-0.2, -0.15) is 0 Å². The van der Waals surface area contributed by atoms with Crippen molar-refractivity contribution in [1.82, 2.24) is 0 Å². The van der Waals surface area contributed by atoms with E-state index in [2.05, 4.69) is 13.8 Å². The fourth-order valence-corrected chi connectivity index (χ4v) is 7.12. The highest BCUT2D eigenvalue weighted by atomic mass is 16.1. The summed E-state index contributed by atoms with van der Waals surface area (Å²) in [6.07, 6.45) is 13.3. The zero-order valence-electron chi connectivity index (χ0n) is 13.3. The van der Waals surface area contributed by atoms with Crippen molar-refractivity contribution in [2.45, 2.75) is 78.1 Å². The smallest absolute Gasteiger partial charge is 0.137 e. The Kier molecular flexibility index (Phi) is 2.89. The summed E-state index contributed by atoms with van der Waals surface area (Å²) in [6, 6.07) is 0. The molecule has 0 amide bonds. The Bertz CT molecular complexity index is 427. The Labute approximate surface area is 123 Å². The maximum absolute atomic E-state index is 13.0. The zero-order valence-corrected chi connectivity index (χ0v) is 13.3. The van der Waals surface area contributed by atoms with Crippen molar-refractivity contribution in [2.75, 3.05) is 0 Å². The van der Waals surface area contributed by atoms with Crippen LogP contribution in [-0.2, 0) is 4.79 Å². The molecule has 0 saturated heterocycles. The number of hydrogen-bond donors (Lipinski definition) is 0. The van der Waals surface area contributed by atoms with Crippen LogP contribution in [0.3, 0.4) is 0 Å². The highest BCUT2D eigenvalue weighted by Gasteiger charge is 2.60. The zero-order chi connectivity index (χ0) is 14.0. The fraction of sp³-hybridized carbons (Fsp3) is 0.947. The molecule has 0 heterocycles. The Morgan fingerprint density at radius 1 is 0.950 bits per heavy atom. The van der Waals surface area contributed by atoms with Crippen molar-refractivity contribution in [3.05, 3.63) is 0 Å². The molecule has 4 aliphatic rings. The van der Waals surface area contributed by atoms with Gasteiger partial charge in [0.2, 0.25) is 0 Å². The lowest BCUT2D eigenvalue weighted by Gasteiger charge is -2.58. The number of fused-ring (bicyclic) bond motifs is 5. The first kappa shape index (κ1) is 13.3. The van der Waals surface area contributed by atoms with Crippen LogP contribution in [0, 0.1) is 34.5 Å². The molecule has 0 aliphatic heterocycles. The van der Waals surface area contributed by atoms with Crippen molar-refractivity contribution >= 4 is 5.78 Å². The summed E-state index contributed by atoms with van der Waals surface area (Å²) < 4.78 is 0. The SMILES string of the molecule is C[C@@]12CCCC1C1CCC3CCCC[C@]3(C)C1C(=O)C2.